The van der Waals surface area contributed by atoms with Gasteiger partial charge in [-0.1, -0.05) is 57.4 Å². The van der Waals surface area contributed by atoms with E-state index >= 15 is 0 Å². The zero-order chi connectivity index (χ0) is 14.0. The third-order valence-electron chi connectivity index (χ3n) is 3.24. The topological polar surface area (TPSA) is 9.23 Å². The van der Waals surface area contributed by atoms with Crippen molar-refractivity contribution in [2.24, 2.45) is 0 Å². The van der Waals surface area contributed by atoms with Gasteiger partial charge in [-0.25, -0.2) is 0 Å². The Balaban J connectivity index is 2.52. The molecule has 0 heterocycles. The van der Waals surface area contributed by atoms with Crippen molar-refractivity contribution in [1.29, 1.82) is 0 Å². The average molecular weight is 340 g/mol. The normalized spacial score (nSPS) is 12.3. The van der Waals surface area contributed by atoms with Gasteiger partial charge in [0.2, 0.25) is 0 Å². The second kappa shape index (κ2) is 5.98. The summed E-state index contributed by atoms with van der Waals surface area (Å²) in [7, 11) is 1.69. The molecular weight excluding hydrogens is 324 g/mol. The van der Waals surface area contributed by atoms with Gasteiger partial charge >= 0.3 is 0 Å². The standard InChI is InChI=1S/C16H16BrClO/c1-10-7-8-15(19-3)13(9-10)16(17)12-5-4-6-14(18)11(12)2/h4-9,16H,1-3H3. The Kier molecular flexibility index (Phi) is 4.54. The highest BCUT2D eigenvalue weighted by molar-refractivity contribution is 9.09. The van der Waals surface area contributed by atoms with Crippen LogP contribution in [0.3, 0.4) is 0 Å². The van der Waals surface area contributed by atoms with Crippen LogP contribution in [0.1, 0.15) is 27.1 Å². The van der Waals surface area contributed by atoms with Gasteiger partial charge in [0.1, 0.15) is 5.75 Å². The SMILES string of the molecule is COc1ccc(C)cc1C(Br)c1cccc(Cl)c1C. The van der Waals surface area contributed by atoms with E-state index in [4.69, 9.17) is 16.3 Å². The zero-order valence-electron chi connectivity index (χ0n) is 11.2. The van der Waals surface area contributed by atoms with Gasteiger partial charge < -0.3 is 4.74 Å². The Labute approximate surface area is 127 Å². The van der Waals surface area contributed by atoms with Crippen LogP contribution in [0.2, 0.25) is 5.02 Å². The first-order chi connectivity index (χ1) is 9.04. The van der Waals surface area contributed by atoms with Crippen molar-refractivity contribution in [3.63, 3.8) is 0 Å². The summed E-state index contributed by atoms with van der Waals surface area (Å²) >= 11 is 9.96. The van der Waals surface area contributed by atoms with Crippen molar-refractivity contribution in [2.45, 2.75) is 18.7 Å². The highest BCUT2D eigenvalue weighted by atomic mass is 79.9. The molecule has 0 amide bonds. The molecule has 1 atom stereocenters. The zero-order valence-corrected chi connectivity index (χ0v) is 13.5. The number of rotatable bonds is 3. The van der Waals surface area contributed by atoms with Gasteiger partial charge in [-0.2, -0.15) is 0 Å². The van der Waals surface area contributed by atoms with Crippen molar-refractivity contribution < 1.29 is 4.74 Å². The van der Waals surface area contributed by atoms with Gasteiger partial charge in [0, 0.05) is 10.6 Å². The minimum Gasteiger partial charge on any atom is -0.496 e. The molecule has 0 N–H and O–H groups in total. The monoisotopic (exact) mass is 338 g/mol. The van der Waals surface area contributed by atoms with Gasteiger partial charge in [-0.3, -0.25) is 0 Å². The van der Waals surface area contributed by atoms with Gasteiger partial charge in [0.15, 0.2) is 0 Å². The van der Waals surface area contributed by atoms with Crippen molar-refractivity contribution >= 4 is 27.5 Å². The molecule has 0 aliphatic rings. The molecule has 0 aliphatic carbocycles. The summed E-state index contributed by atoms with van der Waals surface area (Å²) in [5.74, 6) is 0.881. The van der Waals surface area contributed by atoms with Gasteiger partial charge in [-0.05, 0) is 37.1 Å². The largest absolute Gasteiger partial charge is 0.496 e. The van der Waals surface area contributed by atoms with Gasteiger partial charge in [0.05, 0.1) is 11.9 Å². The summed E-state index contributed by atoms with van der Waals surface area (Å²) in [5, 5.41) is 0.786. The lowest BCUT2D eigenvalue weighted by molar-refractivity contribution is 0.410. The molecule has 0 saturated heterocycles. The fourth-order valence-electron chi connectivity index (χ4n) is 2.12. The highest BCUT2D eigenvalue weighted by Crippen LogP contribution is 2.39. The Morgan fingerprint density at radius 1 is 1.11 bits per heavy atom. The van der Waals surface area contributed by atoms with Crippen LogP contribution in [-0.4, -0.2) is 7.11 Å². The second-order valence-corrected chi connectivity index (χ2v) is 5.88. The molecule has 0 fully saturated rings. The van der Waals surface area contributed by atoms with Crippen LogP contribution in [0.5, 0.6) is 5.75 Å². The number of hydrogen-bond donors (Lipinski definition) is 0. The van der Waals surface area contributed by atoms with Crippen LogP contribution in [-0.2, 0) is 0 Å². The Morgan fingerprint density at radius 3 is 2.53 bits per heavy atom. The fourth-order valence-corrected chi connectivity index (χ4v) is 3.15. The molecule has 2 aromatic rings. The molecule has 0 aliphatic heterocycles. The third-order valence-corrected chi connectivity index (χ3v) is 4.64. The Hall–Kier alpha value is -0.990. The summed E-state index contributed by atoms with van der Waals surface area (Å²) in [6, 6.07) is 12.2. The maximum Gasteiger partial charge on any atom is 0.123 e. The van der Waals surface area contributed by atoms with E-state index in [1.807, 2.05) is 31.2 Å². The first kappa shape index (κ1) is 14.4. The number of benzene rings is 2. The molecule has 1 unspecified atom stereocenters. The lowest BCUT2D eigenvalue weighted by Crippen LogP contribution is -2.00. The predicted octanol–water partition coefficient (Wildman–Crippen LogP) is 5.45. The molecular formula is C16H16BrClO. The minimum absolute atomic E-state index is 0.0704. The average Bonchev–Trinajstić information content (AvgIpc) is 2.41. The summed E-state index contributed by atoms with van der Waals surface area (Å²) in [4.78, 5) is 0.0704. The molecule has 19 heavy (non-hydrogen) atoms. The molecule has 100 valence electrons. The minimum atomic E-state index is 0.0704. The lowest BCUT2D eigenvalue weighted by Gasteiger charge is -2.18. The van der Waals surface area contributed by atoms with Crippen LogP contribution in [0, 0.1) is 13.8 Å². The number of ether oxygens (including phenoxy) is 1. The van der Waals surface area contributed by atoms with Crippen molar-refractivity contribution in [3.8, 4) is 5.75 Å². The summed E-state index contributed by atoms with van der Waals surface area (Å²) in [5.41, 5.74) is 4.58. The van der Waals surface area contributed by atoms with Crippen LogP contribution in [0.4, 0.5) is 0 Å². The Bertz CT molecular complexity index is 595. The molecule has 0 saturated carbocycles. The van der Waals surface area contributed by atoms with E-state index in [9.17, 15) is 0 Å². The number of hydrogen-bond acceptors (Lipinski definition) is 1. The summed E-state index contributed by atoms with van der Waals surface area (Å²) in [6.07, 6.45) is 0. The fraction of sp³-hybridized carbons (Fsp3) is 0.250. The summed E-state index contributed by atoms with van der Waals surface area (Å²) < 4.78 is 5.45. The first-order valence-corrected chi connectivity index (χ1v) is 7.37. The van der Waals surface area contributed by atoms with E-state index in [1.54, 1.807) is 7.11 Å². The Morgan fingerprint density at radius 2 is 1.84 bits per heavy atom. The van der Waals surface area contributed by atoms with Gasteiger partial charge in [-0.15, -0.1) is 0 Å². The quantitative estimate of drug-likeness (QED) is 0.676. The third kappa shape index (κ3) is 2.96. The number of halogens is 2. The molecule has 2 aromatic carbocycles. The van der Waals surface area contributed by atoms with E-state index in [0.717, 1.165) is 27.5 Å². The molecule has 2 rings (SSSR count). The van der Waals surface area contributed by atoms with E-state index in [1.165, 1.54) is 5.56 Å². The molecule has 0 aromatic heterocycles. The van der Waals surface area contributed by atoms with E-state index in [2.05, 4.69) is 35.0 Å². The van der Waals surface area contributed by atoms with Crippen LogP contribution in [0.15, 0.2) is 36.4 Å². The van der Waals surface area contributed by atoms with Crippen molar-refractivity contribution in [1.82, 2.24) is 0 Å². The maximum absolute atomic E-state index is 6.20. The molecule has 0 radical (unpaired) electrons. The molecule has 0 bridgehead atoms. The number of alkyl halides is 1. The predicted molar refractivity (Wildman–Crippen MR) is 84.7 cm³/mol. The lowest BCUT2D eigenvalue weighted by atomic mass is 9.98. The van der Waals surface area contributed by atoms with Crippen molar-refractivity contribution in [3.05, 3.63) is 63.7 Å². The maximum atomic E-state index is 6.20. The van der Waals surface area contributed by atoms with Crippen LogP contribution < -0.4 is 4.74 Å². The van der Waals surface area contributed by atoms with E-state index in [-0.39, 0.29) is 4.83 Å². The van der Waals surface area contributed by atoms with Crippen LogP contribution in [0.25, 0.3) is 0 Å². The van der Waals surface area contributed by atoms with Crippen LogP contribution >= 0.6 is 27.5 Å². The van der Waals surface area contributed by atoms with Gasteiger partial charge in [0.25, 0.3) is 0 Å². The first-order valence-electron chi connectivity index (χ1n) is 6.08. The molecule has 0 spiro atoms. The summed E-state index contributed by atoms with van der Waals surface area (Å²) in [6.45, 7) is 4.11. The van der Waals surface area contributed by atoms with E-state index < -0.39 is 0 Å². The second-order valence-electron chi connectivity index (χ2n) is 4.56. The molecule has 1 nitrogen and oxygen atoms in total. The smallest absolute Gasteiger partial charge is 0.123 e. The number of methoxy groups -OCH3 is 1. The number of aryl methyl sites for hydroxylation is 1. The molecule has 3 heteroatoms. The highest BCUT2D eigenvalue weighted by Gasteiger charge is 2.18. The van der Waals surface area contributed by atoms with E-state index in [0.29, 0.717) is 0 Å². The van der Waals surface area contributed by atoms with Crippen molar-refractivity contribution in [2.75, 3.05) is 7.11 Å².